The van der Waals surface area contributed by atoms with Crippen molar-refractivity contribution in [3.05, 3.63) is 59.8 Å². The predicted octanol–water partition coefficient (Wildman–Crippen LogP) is 3.43. The SMILES string of the molecule is COc1cccc2[nH]c(C(=O)N[C@@H](CC(C)C)C(=O)N3C[C@]4(C[C@H]3CC=O)C(=O)N(C)c3ccccc34)cc12. The van der Waals surface area contributed by atoms with Crippen LogP contribution in [0.2, 0.25) is 0 Å². The lowest BCUT2D eigenvalue weighted by Gasteiger charge is -2.30. The van der Waals surface area contributed by atoms with Crippen molar-refractivity contribution in [3.63, 3.8) is 0 Å². The van der Waals surface area contributed by atoms with Crippen LogP contribution < -0.4 is 15.0 Å². The van der Waals surface area contributed by atoms with E-state index in [1.165, 1.54) is 0 Å². The number of nitrogens with one attached hydrogen (secondary N) is 2. The molecule has 3 heterocycles. The van der Waals surface area contributed by atoms with E-state index < -0.39 is 23.4 Å². The minimum Gasteiger partial charge on any atom is -0.496 e. The van der Waals surface area contributed by atoms with E-state index in [1.807, 2.05) is 56.3 Å². The van der Waals surface area contributed by atoms with E-state index in [0.29, 0.717) is 24.3 Å². The van der Waals surface area contributed by atoms with Crippen LogP contribution >= 0.6 is 0 Å². The molecule has 1 saturated heterocycles. The van der Waals surface area contributed by atoms with Crippen LogP contribution in [0.5, 0.6) is 5.75 Å². The number of rotatable bonds is 8. The number of carbonyl (C=O) groups excluding carboxylic acids is 4. The molecule has 0 bridgehead atoms. The first kappa shape index (κ1) is 26.5. The van der Waals surface area contributed by atoms with Gasteiger partial charge in [-0.05, 0) is 48.6 Å². The van der Waals surface area contributed by atoms with Crippen molar-refractivity contribution in [1.82, 2.24) is 15.2 Å². The summed E-state index contributed by atoms with van der Waals surface area (Å²) >= 11 is 0. The molecule has 204 valence electrons. The lowest BCUT2D eigenvalue weighted by Crippen LogP contribution is -2.51. The molecule has 2 aliphatic rings. The second-order valence-corrected chi connectivity index (χ2v) is 10.9. The molecule has 3 aromatic rings. The molecule has 2 aromatic carbocycles. The van der Waals surface area contributed by atoms with E-state index in [4.69, 9.17) is 4.74 Å². The van der Waals surface area contributed by atoms with Crippen LogP contribution in [0.1, 0.15) is 49.2 Å². The maximum atomic E-state index is 14.1. The number of nitrogens with zero attached hydrogens (tertiary/aromatic N) is 2. The van der Waals surface area contributed by atoms with Gasteiger partial charge in [0.25, 0.3) is 5.91 Å². The molecule has 3 amide bonds. The Morgan fingerprint density at radius 1 is 1.21 bits per heavy atom. The lowest BCUT2D eigenvalue weighted by molar-refractivity contribution is -0.135. The molecular formula is C30H34N4O5. The van der Waals surface area contributed by atoms with Crippen LogP contribution in [-0.4, -0.2) is 66.7 Å². The molecular weight excluding hydrogens is 496 g/mol. The average Bonchev–Trinajstić information content (AvgIpc) is 3.59. The van der Waals surface area contributed by atoms with Crippen molar-refractivity contribution in [2.75, 3.05) is 25.6 Å². The third-order valence-corrected chi connectivity index (χ3v) is 8.01. The number of ether oxygens (including phenoxy) is 1. The maximum absolute atomic E-state index is 14.1. The smallest absolute Gasteiger partial charge is 0.268 e. The van der Waals surface area contributed by atoms with Gasteiger partial charge in [0.1, 0.15) is 23.8 Å². The fourth-order valence-electron chi connectivity index (χ4n) is 6.20. The van der Waals surface area contributed by atoms with Crippen LogP contribution in [0.3, 0.4) is 0 Å². The summed E-state index contributed by atoms with van der Waals surface area (Å²) < 4.78 is 5.41. The highest BCUT2D eigenvalue weighted by molar-refractivity contribution is 6.09. The van der Waals surface area contributed by atoms with Crippen molar-refractivity contribution in [2.45, 2.75) is 50.6 Å². The minimum absolute atomic E-state index is 0.0774. The first-order valence-electron chi connectivity index (χ1n) is 13.3. The number of benzene rings is 2. The Hall–Kier alpha value is -4.14. The number of likely N-dealkylation sites (N-methyl/N-ethyl adjacent to an activating group) is 1. The fraction of sp³-hybridized carbons (Fsp3) is 0.400. The van der Waals surface area contributed by atoms with Gasteiger partial charge in [-0.2, -0.15) is 0 Å². The van der Waals surface area contributed by atoms with E-state index in [1.54, 1.807) is 30.0 Å². The number of aldehydes is 1. The highest BCUT2D eigenvalue weighted by Crippen LogP contribution is 2.49. The van der Waals surface area contributed by atoms with Gasteiger partial charge in [0.2, 0.25) is 11.8 Å². The number of methoxy groups -OCH3 is 1. The summed E-state index contributed by atoms with van der Waals surface area (Å²) in [6.45, 7) is 4.14. The minimum atomic E-state index is -0.908. The van der Waals surface area contributed by atoms with Crippen LogP contribution in [0.25, 0.3) is 10.9 Å². The number of aromatic nitrogens is 1. The van der Waals surface area contributed by atoms with E-state index >= 15 is 0 Å². The molecule has 2 N–H and O–H groups in total. The summed E-state index contributed by atoms with van der Waals surface area (Å²) in [5.41, 5.74) is 1.86. The highest BCUT2D eigenvalue weighted by Gasteiger charge is 2.57. The van der Waals surface area contributed by atoms with Gasteiger partial charge in [-0.3, -0.25) is 14.4 Å². The first-order valence-corrected chi connectivity index (χ1v) is 13.3. The zero-order valence-corrected chi connectivity index (χ0v) is 22.7. The van der Waals surface area contributed by atoms with Crippen molar-refractivity contribution < 1.29 is 23.9 Å². The second kappa shape index (κ2) is 10.2. The monoisotopic (exact) mass is 530 g/mol. The molecule has 0 unspecified atom stereocenters. The number of aromatic amines is 1. The number of amides is 3. The summed E-state index contributed by atoms with van der Waals surface area (Å²) in [6, 6.07) is 13.6. The summed E-state index contributed by atoms with van der Waals surface area (Å²) in [5, 5.41) is 3.71. The molecule has 1 spiro atoms. The Bertz CT molecular complexity index is 1450. The van der Waals surface area contributed by atoms with Crippen molar-refractivity contribution in [2.24, 2.45) is 5.92 Å². The Kier molecular flexibility index (Phi) is 6.92. The summed E-state index contributed by atoms with van der Waals surface area (Å²) in [7, 11) is 3.31. The molecule has 0 aliphatic carbocycles. The number of H-pyrrole nitrogens is 1. The number of carbonyl (C=O) groups is 4. The number of para-hydroxylation sites is 1. The van der Waals surface area contributed by atoms with Gasteiger partial charge in [0.05, 0.1) is 12.5 Å². The maximum Gasteiger partial charge on any atom is 0.268 e. The molecule has 0 saturated carbocycles. The number of hydrogen-bond donors (Lipinski definition) is 2. The first-order chi connectivity index (χ1) is 18.7. The van der Waals surface area contributed by atoms with Crippen molar-refractivity contribution in [1.29, 1.82) is 0 Å². The number of hydrogen-bond acceptors (Lipinski definition) is 5. The highest BCUT2D eigenvalue weighted by atomic mass is 16.5. The molecule has 5 rings (SSSR count). The Morgan fingerprint density at radius 2 is 1.97 bits per heavy atom. The predicted molar refractivity (Wildman–Crippen MR) is 148 cm³/mol. The van der Waals surface area contributed by atoms with Gasteiger partial charge in [-0.15, -0.1) is 0 Å². The van der Waals surface area contributed by atoms with Gasteiger partial charge >= 0.3 is 0 Å². The second-order valence-electron chi connectivity index (χ2n) is 10.9. The Balaban J connectivity index is 1.44. The van der Waals surface area contributed by atoms with Crippen molar-refractivity contribution >= 4 is 40.6 Å². The molecule has 9 heteroatoms. The lowest BCUT2D eigenvalue weighted by atomic mass is 9.79. The average molecular weight is 531 g/mol. The molecule has 3 atom stereocenters. The Labute approximate surface area is 227 Å². The van der Waals surface area contributed by atoms with Crippen LogP contribution in [-0.2, 0) is 19.8 Å². The van der Waals surface area contributed by atoms with Gasteiger partial charge in [0, 0.05) is 42.6 Å². The quantitative estimate of drug-likeness (QED) is 0.434. The molecule has 2 aliphatic heterocycles. The zero-order valence-electron chi connectivity index (χ0n) is 22.7. The van der Waals surface area contributed by atoms with E-state index in [-0.39, 0.29) is 30.7 Å². The van der Waals surface area contributed by atoms with Crippen LogP contribution in [0, 0.1) is 5.92 Å². The topological polar surface area (TPSA) is 112 Å². The van der Waals surface area contributed by atoms with E-state index in [9.17, 15) is 19.2 Å². The molecule has 39 heavy (non-hydrogen) atoms. The van der Waals surface area contributed by atoms with Crippen molar-refractivity contribution in [3.8, 4) is 5.75 Å². The van der Waals surface area contributed by atoms with Crippen LogP contribution in [0.15, 0.2) is 48.5 Å². The van der Waals surface area contributed by atoms with Gasteiger partial charge in [-0.1, -0.05) is 38.1 Å². The third-order valence-electron chi connectivity index (χ3n) is 8.01. The van der Waals surface area contributed by atoms with E-state index in [2.05, 4.69) is 10.3 Å². The molecule has 0 radical (unpaired) electrons. The fourth-order valence-corrected chi connectivity index (χ4v) is 6.20. The molecule has 1 fully saturated rings. The number of anilines is 1. The normalized spacial score (nSPS) is 21.1. The molecule has 9 nitrogen and oxygen atoms in total. The third kappa shape index (κ3) is 4.45. The Morgan fingerprint density at radius 3 is 2.69 bits per heavy atom. The van der Waals surface area contributed by atoms with Crippen LogP contribution in [0.4, 0.5) is 5.69 Å². The standard InChI is InChI=1S/C30H34N4O5/c1-18(2)14-24(32-27(36)23-15-20-22(31-23)9-7-11-26(20)39-4)28(37)34-17-30(16-19(34)12-13-35)21-8-5-6-10-25(21)33(3)29(30)38/h5-11,13,15,18-19,24,31H,12,14,16-17H2,1-4H3,(H,32,36)/t19-,24+,30+/m1/s1. The summed E-state index contributed by atoms with van der Waals surface area (Å²) in [5.74, 6) is -0.0120. The largest absolute Gasteiger partial charge is 0.496 e. The zero-order chi connectivity index (χ0) is 27.9. The molecule has 1 aromatic heterocycles. The van der Waals surface area contributed by atoms with Gasteiger partial charge in [-0.25, -0.2) is 0 Å². The van der Waals surface area contributed by atoms with E-state index in [0.717, 1.165) is 28.4 Å². The summed E-state index contributed by atoms with van der Waals surface area (Å²) in [6.07, 6.45) is 1.70. The van der Waals surface area contributed by atoms with Gasteiger partial charge in [0.15, 0.2) is 0 Å². The van der Waals surface area contributed by atoms with Gasteiger partial charge < -0.3 is 29.6 Å². The number of likely N-dealkylation sites (tertiary alicyclic amines) is 1. The summed E-state index contributed by atoms with van der Waals surface area (Å²) in [4.78, 5) is 59.1. The number of fused-ring (bicyclic) bond motifs is 3.